The summed E-state index contributed by atoms with van der Waals surface area (Å²) in [4.78, 5) is 34.3. The van der Waals surface area contributed by atoms with E-state index in [0.717, 1.165) is 18.9 Å². The summed E-state index contributed by atoms with van der Waals surface area (Å²) in [5.41, 5.74) is 0. The first-order valence-electron chi connectivity index (χ1n) is 6.90. The molecule has 108 valence electrons. The largest absolute Gasteiger partial charge is 0.458 e. The molecule has 1 N–H and O–H groups in total. The Morgan fingerprint density at radius 3 is 3.00 bits per heavy atom. The van der Waals surface area contributed by atoms with E-state index >= 15 is 0 Å². The minimum atomic E-state index is -0.369. The van der Waals surface area contributed by atoms with Gasteiger partial charge in [-0.3, -0.25) is 14.4 Å². The number of amides is 1. The molecule has 3 fully saturated rings. The van der Waals surface area contributed by atoms with Crippen LogP contribution in [-0.4, -0.2) is 36.6 Å². The quantitative estimate of drug-likeness (QED) is 0.573. The molecule has 1 amide bonds. The van der Waals surface area contributed by atoms with Crippen LogP contribution in [0.4, 0.5) is 0 Å². The van der Waals surface area contributed by atoms with Crippen LogP contribution in [0.1, 0.15) is 19.3 Å². The Hall–Kier alpha value is -1.85. The number of carbonyl (C=O) groups is 3. The van der Waals surface area contributed by atoms with Crippen LogP contribution in [0.25, 0.3) is 0 Å². The van der Waals surface area contributed by atoms with E-state index in [4.69, 9.17) is 9.47 Å². The molecule has 1 saturated heterocycles. The molecule has 0 radical (unpaired) electrons. The van der Waals surface area contributed by atoms with Crippen LogP contribution >= 0.6 is 0 Å². The zero-order valence-corrected chi connectivity index (χ0v) is 11.0. The molecule has 6 heteroatoms. The van der Waals surface area contributed by atoms with Gasteiger partial charge < -0.3 is 14.8 Å². The van der Waals surface area contributed by atoms with Crippen LogP contribution in [0.3, 0.4) is 0 Å². The Morgan fingerprint density at radius 1 is 1.45 bits per heavy atom. The van der Waals surface area contributed by atoms with Gasteiger partial charge in [0.15, 0.2) is 0 Å². The van der Waals surface area contributed by atoms with Crippen molar-refractivity contribution < 1.29 is 23.9 Å². The maximum absolute atomic E-state index is 11.8. The molecule has 3 aliphatic rings. The second-order valence-corrected chi connectivity index (χ2v) is 5.60. The normalized spacial score (nSPS) is 36.6. The lowest BCUT2D eigenvalue weighted by Gasteiger charge is -2.25. The molecule has 0 spiro atoms. The van der Waals surface area contributed by atoms with Crippen molar-refractivity contribution in [3.63, 3.8) is 0 Å². The number of carbonyl (C=O) groups excluding carboxylic acids is 3. The molecule has 2 saturated carbocycles. The van der Waals surface area contributed by atoms with Gasteiger partial charge >= 0.3 is 11.9 Å². The number of fused-ring (bicyclic) bond motifs is 1. The predicted molar refractivity (Wildman–Crippen MR) is 67.3 cm³/mol. The number of nitrogens with one attached hydrogen (secondary N) is 1. The summed E-state index contributed by atoms with van der Waals surface area (Å²) in [5, 5.41) is 2.52. The van der Waals surface area contributed by atoms with Gasteiger partial charge in [0.2, 0.25) is 5.91 Å². The highest BCUT2D eigenvalue weighted by atomic mass is 16.6. The molecule has 0 aromatic rings. The van der Waals surface area contributed by atoms with Crippen LogP contribution in [-0.2, 0) is 23.9 Å². The fourth-order valence-electron chi connectivity index (χ4n) is 3.64. The van der Waals surface area contributed by atoms with E-state index in [1.165, 1.54) is 0 Å². The average Bonchev–Trinajstić information content (AvgIpc) is 3.03. The van der Waals surface area contributed by atoms with Crippen LogP contribution < -0.4 is 5.32 Å². The smallest absolute Gasteiger partial charge is 0.309 e. The third-order valence-electron chi connectivity index (χ3n) is 4.50. The molecule has 1 aliphatic heterocycles. The fourth-order valence-corrected chi connectivity index (χ4v) is 3.64. The first kappa shape index (κ1) is 13.1. The minimum absolute atomic E-state index is 0.0202. The lowest BCUT2D eigenvalue weighted by Crippen LogP contribution is -2.36. The summed E-state index contributed by atoms with van der Waals surface area (Å²) in [6.07, 6.45) is 2.39. The minimum Gasteiger partial charge on any atom is -0.458 e. The molecule has 2 aliphatic carbocycles. The monoisotopic (exact) mass is 279 g/mol. The number of hydrogen-bond acceptors (Lipinski definition) is 5. The van der Waals surface area contributed by atoms with E-state index in [-0.39, 0.29) is 60.8 Å². The molecule has 5 atom stereocenters. The highest BCUT2D eigenvalue weighted by molar-refractivity contribution is 5.87. The van der Waals surface area contributed by atoms with Crippen LogP contribution in [0, 0.1) is 17.8 Å². The Kier molecular flexibility index (Phi) is 3.23. The van der Waals surface area contributed by atoms with Crippen molar-refractivity contribution in [1.82, 2.24) is 5.32 Å². The van der Waals surface area contributed by atoms with Crippen LogP contribution in [0.5, 0.6) is 0 Å². The van der Waals surface area contributed by atoms with Gasteiger partial charge in [-0.2, -0.15) is 0 Å². The number of esters is 2. The van der Waals surface area contributed by atoms with Crippen molar-refractivity contribution in [2.24, 2.45) is 17.8 Å². The SMILES string of the molecule is C=CC(=O)NCCC(=O)OC1C2CC3C(=O)OC1C3C2. The Labute approximate surface area is 116 Å². The van der Waals surface area contributed by atoms with Crippen molar-refractivity contribution in [2.75, 3.05) is 6.54 Å². The first-order chi connectivity index (χ1) is 9.60. The summed E-state index contributed by atoms with van der Waals surface area (Å²) >= 11 is 0. The average molecular weight is 279 g/mol. The Balaban J connectivity index is 1.49. The van der Waals surface area contributed by atoms with Crippen molar-refractivity contribution in [2.45, 2.75) is 31.5 Å². The number of hydrogen-bond donors (Lipinski definition) is 1. The van der Waals surface area contributed by atoms with Gasteiger partial charge in [0.1, 0.15) is 12.2 Å². The van der Waals surface area contributed by atoms with E-state index in [2.05, 4.69) is 11.9 Å². The molecule has 1 heterocycles. The standard InChI is InChI=1S/C14H17NO5/c1-2-10(16)15-4-3-11(17)19-12-7-5-8-9(6-7)14(18)20-13(8)12/h2,7-9,12-13H,1,3-6H2,(H,15,16). The van der Waals surface area contributed by atoms with Crippen LogP contribution in [0.2, 0.25) is 0 Å². The van der Waals surface area contributed by atoms with Crippen molar-refractivity contribution in [3.8, 4) is 0 Å². The molecule has 6 nitrogen and oxygen atoms in total. The van der Waals surface area contributed by atoms with Crippen molar-refractivity contribution in [3.05, 3.63) is 12.7 Å². The fraction of sp³-hybridized carbons (Fsp3) is 0.643. The van der Waals surface area contributed by atoms with Gasteiger partial charge in [-0.1, -0.05) is 6.58 Å². The highest BCUT2D eigenvalue weighted by Crippen LogP contribution is 2.55. The van der Waals surface area contributed by atoms with E-state index in [1.807, 2.05) is 0 Å². The lowest BCUT2D eigenvalue weighted by molar-refractivity contribution is -0.161. The van der Waals surface area contributed by atoms with E-state index in [1.54, 1.807) is 0 Å². The molecule has 20 heavy (non-hydrogen) atoms. The van der Waals surface area contributed by atoms with Gasteiger partial charge in [-0.05, 0) is 18.9 Å². The first-order valence-corrected chi connectivity index (χ1v) is 6.90. The van der Waals surface area contributed by atoms with Crippen molar-refractivity contribution in [1.29, 1.82) is 0 Å². The van der Waals surface area contributed by atoms with Gasteiger partial charge in [-0.25, -0.2) is 0 Å². The van der Waals surface area contributed by atoms with Crippen LogP contribution in [0.15, 0.2) is 12.7 Å². The molecular weight excluding hydrogens is 262 g/mol. The van der Waals surface area contributed by atoms with Crippen molar-refractivity contribution >= 4 is 17.8 Å². The molecular formula is C14H17NO5. The zero-order valence-electron chi connectivity index (χ0n) is 11.0. The van der Waals surface area contributed by atoms with Gasteiger partial charge in [0, 0.05) is 18.4 Å². The maximum Gasteiger partial charge on any atom is 0.309 e. The molecule has 0 aromatic heterocycles. The number of ether oxygens (including phenoxy) is 2. The molecule has 3 rings (SSSR count). The third kappa shape index (κ3) is 2.09. The summed E-state index contributed by atoms with van der Waals surface area (Å²) in [6.45, 7) is 3.54. The topological polar surface area (TPSA) is 81.7 Å². The predicted octanol–water partition coefficient (Wildman–Crippen LogP) is 0.172. The lowest BCUT2D eigenvalue weighted by atomic mass is 9.88. The third-order valence-corrected chi connectivity index (χ3v) is 4.50. The van der Waals surface area contributed by atoms with E-state index < -0.39 is 0 Å². The van der Waals surface area contributed by atoms with Gasteiger partial charge in [0.25, 0.3) is 0 Å². The van der Waals surface area contributed by atoms with E-state index in [0.29, 0.717) is 0 Å². The summed E-state index contributed by atoms with van der Waals surface area (Å²) in [5.74, 6) is -0.332. The summed E-state index contributed by atoms with van der Waals surface area (Å²) in [6, 6.07) is 0. The second kappa shape index (κ2) is 4.92. The molecule has 5 unspecified atom stereocenters. The molecule has 0 aromatic carbocycles. The van der Waals surface area contributed by atoms with Gasteiger partial charge in [-0.15, -0.1) is 0 Å². The second-order valence-electron chi connectivity index (χ2n) is 5.60. The highest BCUT2D eigenvalue weighted by Gasteiger charge is 2.63. The summed E-state index contributed by atoms with van der Waals surface area (Å²) in [7, 11) is 0. The Morgan fingerprint density at radius 2 is 2.25 bits per heavy atom. The summed E-state index contributed by atoms with van der Waals surface area (Å²) < 4.78 is 10.8. The zero-order chi connectivity index (χ0) is 14.3. The number of rotatable bonds is 5. The van der Waals surface area contributed by atoms with Gasteiger partial charge in [0.05, 0.1) is 12.3 Å². The van der Waals surface area contributed by atoms with E-state index in [9.17, 15) is 14.4 Å². The Bertz CT molecular complexity index is 474. The maximum atomic E-state index is 11.8. The molecule has 2 bridgehead atoms.